The molecule has 0 heterocycles. The van der Waals surface area contributed by atoms with Crippen LogP contribution in [0.2, 0.25) is 0 Å². The zero-order valence-electron chi connectivity index (χ0n) is 10.4. The second-order valence-corrected chi connectivity index (χ2v) is 4.20. The Hall–Kier alpha value is -2.36. The van der Waals surface area contributed by atoms with Crippen molar-refractivity contribution >= 4 is 12.4 Å². The number of aldehydes is 1. The maximum atomic E-state index is 12.7. The van der Waals surface area contributed by atoms with Crippen molar-refractivity contribution in [3.8, 4) is 11.1 Å². The smallest absolute Gasteiger partial charge is 0.299 e. The van der Waals surface area contributed by atoms with Gasteiger partial charge in [-0.2, -0.15) is 13.2 Å². The molecule has 0 atom stereocenters. The number of hydrogen-bond donors (Lipinski definition) is 0. The lowest BCUT2D eigenvalue weighted by Gasteiger charge is -2.09. The highest BCUT2D eigenvalue weighted by atomic mass is 19.4. The van der Waals surface area contributed by atoms with Crippen LogP contribution in [0.3, 0.4) is 0 Å². The fraction of sp³-hybridized carbons (Fsp3) is 0.0625. The summed E-state index contributed by atoms with van der Waals surface area (Å²) < 4.78 is 38.0. The molecule has 20 heavy (non-hydrogen) atoms. The number of alkyl halides is 3. The van der Waals surface area contributed by atoms with E-state index in [4.69, 9.17) is 0 Å². The van der Waals surface area contributed by atoms with Crippen LogP contribution >= 0.6 is 0 Å². The first-order valence-corrected chi connectivity index (χ1v) is 5.90. The predicted molar refractivity (Wildman–Crippen MR) is 72.0 cm³/mol. The minimum atomic E-state index is -4.36. The predicted octanol–water partition coefficient (Wildman–Crippen LogP) is 4.58. The maximum Gasteiger partial charge on any atom is 0.416 e. The fourth-order valence-electron chi connectivity index (χ4n) is 1.85. The van der Waals surface area contributed by atoms with Gasteiger partial charge in [-0.25, -0.2) is 0 Å². The molecule has 0 saturated carbocycles. The first kappa shape index (κ1) is 14.1. The van der Waals surface area contributed by atoms with Gasteiger partial charge in [0.1, 0.15) is 6.29 Å². The molecule has 0 fully saturated rings. The molecule has 0 saturated heterocycles. The van der Waals surface area contributed by atoms with Crippen LogP contribution in [-0.2, 0) is 11.0 Å². The first-order chi connectivity index (χ1) is 9.50. The van der Waals surface area contributed by atoms with Crippen molar-refractivity contribution in [2.24, 2.45) is 0 Å². The number of benzene rings is 2. The summed E-state index contributed by atoms with van der Waals surface area (Å²) in [5.41, 5.74) is 1.24. The number of carbonyl (C=O) groups is 1. The molecule has 2 aromatic carbocycles. The van der Waals surface area contributed by atoms with Crippen molar-refractivity contribution in [3.63, 3.8) is 0 Å². The molecular weight excluding hydrogens is 265 g/mol. The van der Waals surface area contributed by atoms with Crippen molar-refractivity contribution < 1.29 is 18.0 Å². The molecule has 4 heteroatoms. The minimum absolute atomic E-state index is 0.487. The maximum absolute atomic E-state index is 12.7. The lowest BCUT2D eigenvalue weighted by molar-refractivity contribution is -0.137. The third-order valence-corrected chi connectivity index (χ3v) is 2.78. The summed E-state index contributed by atoms with van der Waals surface area (Å²) in [6, 6.07) is 12.1. The van der Waals surface area contributed by atoms with Crippen LogP contribution in [0.25, 0.3) is 17.2 Å². The molecule has 2 aromatic rings. The lowest BCUT2D eigenvalue weighted by atomic mass is 10.0. The number of rotatable bonds is 3. The van der Waals surface area contributed by atoms with Gasteiger partial charge in [-0.1, -0.05) is 36.4 Å². The van der Waals surface area contributed by atoms with Crippen LogP contribution in [0.15, 0.2) is 54.6 Å². The van der Waals surface area contributed by atoms with E-state index < -0.39 is 11.7 Å². The Bertz CT molecular complexity index is 642. The Labute approximate surface area is 114 Å². The van der Waals surface area contributed by atoms with Gasteiger partial charge in [0, 0.05) is 0 Å². The molecule has 0 radical (unpaired) electrons. The quantitative estimate of drug-likeness (QED) is 0.592. The molecule has 1 nitrogen and oxygen atoms in total. The molecule has 0 bridgehead atoms. The van der Waals surface area contributed by atoms with E-state index in [0.29, 0.717) is 17.4 Å². The average Bonchev–Trinajstić information content (AvgIpc) is 2.45. The normalized spacial score (nSPS) is 11.8. The van der Waals surface area contributed by atoms with Crippen LogP contribution < -0.4 is 0 Å². The number of allylic oxidation sites excluding steroid dienone is 1. The Morgan fingerprint density at radius 1 is 0.900 bits per heavy atom. The minimum Gasteiger partial charge on any atom is -0.299 e. The van der Waals surface area contributed by atoms with E-state index in [1.54, 1.807) is 36.4 Å². The van der Waals surface area contributed by atoms with E-state index >= 15 is 0 Å². The van der Waals surface area contributed by atoms with E-state index in [1.807, 2.05) is 0 Å². The molecule has 0 aromatic heterocycles. The second kappa shape index (κ2) is 5.74. The monoisotopic (exact) mass is 276 g/mol. The molecule has 102 valence electrons. The molecule has 0 spiro atoms. The standard InChI is InChI=1S/C16H11F3O/c17-16(18,19)15-8-2-7-14(11-15)13-6-1-4-12(10-13)5-3-9-20/h1-11H/b5-3+. The van der Waals surface area contributed by atoms with E-state index in [9.17, 15) is 18.0 Å². The molecule has 0 unspecified atom stereocenters. The number of carbonyl (C=O) groups excluding carboxylic acids is 1. The summed E-state index contributed by atoms with van der Waals surface area (Å²) in [7, 11) is 0. The summed E-state index contributed by atoms with van der Waals surface area (Å²) in [6.07, 6.45) is -0.767. The van der Waals surface area contributed by atoms with Crippen LogP contribution in [0.1, 0.15) is 11.1 Å². The zero-order chi connectivity index (χ0) is 14.6. The molecule has 0 aliphatic rings. The Balaban J connectivity index is 2.41. The van der Waals surface area contributed by atoms with Crippen molar-refractivity contribution in [2.45, 2.75) is 6.18 Å². The van der Waals surface area contributed by atoms with Crippen LogP contribution in [0, 0.1) is 0 Å². The third-order valence-electron chi connectivity index (χ3n) is 2.78. The van der Waals surface area contributed by atoms with Gasteiger partial charge in [-0.15, -0.1) is 0 Å². The zero-order valence-corrected chi connectivity index (χ0v) is 10.4. The molecule has 0 N–H and O–H groups in total. The first-order valence-electron chi connectivity index (χ1n) is 5.90. The molecular formula is C16H11F3O. The molecule has 0 amide bonds. The van der Waals surface area contributed by atoms with Gasteiger partial charge < -0.3 is 0 Å². The van der Waals surface area contributed by atoms with E-state index in [2.05, 4.69) is 0 Å². The summed E-state index contributed by atoms with van der Waals surface area (Å²) in [4.78, 5) is 10.3. The van der Waals surface area contributed by atoms with Crippen LogP contribution in [0.4, 0.5) is 13.2 Å². The van der Waals surface area contributed by atoms with E-state index in [0.717, 1.165) is 17.7 Å². The van der Waals surface area contributed by atoms with Gasteiger partial charge in [-0.05, 0) is 41.0 Å². The highest BCUT2D eigenvalue weighted by Gasteiger charge is 2.30. The SMILES string of the molecule is O=C/C=C/c1cccc(-c2cccc(C(F)(F)F)c2)c1. The largest absolute Gasteiger partial charge is 0.416 e. The summed E-state index contributed by atoms with van der Waals surface area (Å²) in [5, 5.41) is 0. The van der Waals surface area contributed by atoms with Gasteiger partial charge >= 0.3 is 6.18 Å². The Kier molecular flexibility index (Phi) is 4.03. The van der Waals surface area contributed by atoms with Gasteiger partial charge in [0.15, 0.2) is 0 Å². The van der Waals surface area contributed by atoms with Crippen molar-refractivity contribution in [2.75, 3.05) is 0 Å². The molecule has 0 aliphatic carbocycles. The van der Waals surface area contributed by atoms with Gasteiger partial charge in [0.05, 0.1) is 5.56 Å². The van der Waals surface area contributed by atoms with Gasteiger partial charge in [0.2, 0.25) is 0 Å². The van der Waals surface area contributed by atoms with Crippen LogP contribution in [-0.4, -0.2) is 6.29 Å². The Morgan fingerprint density at radius 2 is 1.55 bits per heavy atom. The van der Waals surface area contributed by atoms with E-state index in [1.165, 1.54) is 12.1 Å². The van der Waals surface area contributed by atoms with E-state index in [-0.39, 0.29) is 0 Å². The topological polar surface area (TPSA) is 17.1 Å². The number of hydrogen-bond acceptors (Lipinski definition) is 1. The molecule has 2 rings (SSSR count). The van der Waals surface area contributed by atoms with Crippen LogP contribution in [0.5, 0.6) is 0 Å². The number of halogens is 3. The van der Waals surface area contributed by atoms with Crippen molar-refractivity contribution in [3.05, 3.63) is 65.7 Å². The highest BCUT2D eigenvalue weighted by Crippen LogP contribution is 2.32. The highest BCUT2D eigenvalue weighted by molar-refractivity contribution is 5.75. The average molecular weight is 276 g/mol. The van der Waals surface area contributed by atoms with Gasteiger partial charge in [0.25, 0.3) is 0 Å². The van der Waals surface area contributed by atoms with Crippen molar-refractivity contribution in [1.29, 1.82) is 0 Å². The third kappa shape index (κ3) is 3.35. The fourth-order valence-corrected chi connectivity index (χ4v) is 1.85. The Morgan fingerprint density at radius 3 is 2.20 bits per heavy atom. The van der Waals surface area contributed by atoms with Crippen molar-refractivity contribution in [1.82, 2.24) is 0 Å². The summed E-state index contributed by atoms with van der Waals surface area (Å²) >= 11 is 0. The lowest BCUT2D eigenvalue weighted by Crippen LogP contribution is -2.04. The second-order valence-electron chi connectivity index (χ2n) is 4.20. The summed E-state index contributed by atoms with van der Waals surface area (Å²) in [6.45, 7) is 0. The summed E-state index contributed by atoms with van der Waals surface area (Å²) in [5.74, 6) is 0. The van der Waals surface area contributed by atoms with Gasteiger partial charge in [-0.3, -0.25) is 4.79 Å². The molecule has 0 aliphatic heterocycles.